The molecule has 0 bridgehead atoms. The fraction of sp³-hybridized carbons (Fsp3) is 0.253. The highest BCUT2D eigenvalue weighted by molar-refractivity contribution is 6.08. The highest BCUT2D eigenvalue weighted by atomic mass is 16.4. The summed E-state index contributed by atoms with van der Waals surface area (Å²) in [5, 5.41) is 38.4. The van der Waals surface area contributed by atoms with Gasteiger partial charge in [0.1, 0.15) is 40.1 Å². The zero-order valence-electron chi connectivity index (χ0n) is 57.0. The zero-order chi connectivity index (χ0) is 69.6. The minimum Gasteiger partial charge on any atom is -0.478 e. The number of aromatic nitrogens is 15. The maximum Gasteiger partial charge on any atom is 0.336 e. The lowest BCUT2D eigenvalue weighted by Crippen LogP contribution is -2.40. The van der Waals surface area contributed by atoms with Crippen molar-refractivity contribution in [2.45, 2.75) is 123 Å². The largest absolute Gasteiger partial charge is 0.478 e. The number of imidazole rings is 2. The fourth-order valence-corrected chi connectivity index (χ4v) is 14.0. The highest BCUT2D eigenvalue weighted by Gasteiger charge is 2.49. The predicted molar refractivity (Wildman–Crippen MR) is 389 cm³/mol. The van der Waals surface area contributed by atoms with Crippen molar-refractivity contribution in [1.82, 2.24) is 80.2 Å². The van der Waals surface area contributed by atoms with Gasteiger partial charge in [-0.25, -0.2) is 29.7 Å². The van der Waals surface area contributed by atoms with Crippen LogP contribution in [0.2, 0.25) is 0 Å². The lowest BCUT2D eigenvalue weighted by atomic mass is 9.97. The molecule has 3 N–H and O–H groups in total. The van der Waals surface area contributed by atoms with Gasteiger partial charge in [-0.3, -0.25) is 24.4 Å². The Bertz CT molecular complexity index is 5170. The number of carboxylic acids is 1. The zero-order valence-corrected chi connectivity index (χ0v) is 57.0. The molecule has 1 aliphatic carbocycles. The summed E-state index contributed by atoms with van der Waals surface area (Å²) in [6.07, 6.45) is 10.0. The van der Waals surface area contributed by atoms with Gasteiger partial charge in [0, 0.05) is 48.7 Å². The molecule has 1 fully saturated rings. The third kappa shape index (κ3) is 13.8. The number of amides is 2. The normalized spacial score (nSPS) is 13.9. The molecule has 0 unspecified atom stereocenters. The molecule has 0 radical (unpaired) electrons. The van der Waals surface area contributed by atoms with E-state index in [1.807, 2.05) is 147 Å². The Labute approximate surface area is 583 Å². The number of pyridine rings is 1. The molecule has 13 aromatic rings. The van der Waals surface area contributed by atoms with Crippen LogP contribution in [0.3, 0.4) is 0 Å². The second-order valence-electron chi connectivity index (χ2n) is 25.8. The van der Waals surface area contributed by atoms with E-state index < -0.39 is 11.5 Å². The number of para-hydroxylation sites is 2. The Kier molecular flexibility index (Phi) is 19.1. The summed E-state index contributed by atoms with van der Waals surface area (Å²) in [5.41, 5.74) is 17.2. The summed E-state index contributed by atoms with van der Waals surface area (Å²) < 4.78 is 4.26. The molecule has 1 spiro atoms. The standard InChI is InChI=1S/C31H27N5O2.C25H28N6O.C23H21N7O/c1-3-8-28-32-26-18-17-25(29-33-24-11-6-7-12-27(24)35(29)2)34-30(26)36(28)19-20-13-15-21(16-14-20)22-9-4-5-10-23(22)31(37)38;1-2-3-10-22-26-25(15-6-7-16-25)24(32)31(22)17-18-11-13-19(14-12-18)20-8-4-5-9-21(20)23-27-29-30-28-23;1-14-18-11-12-21(31)30(23(18)25-15(2)24-14)13-16-7-9-17(10-8-16)19-5-3-4-6-20(19)22-26-28-29-27-22/h4-7,9-18H,3,8,19H2,1-2H3,(H,37,38);4-5,8-9,11-14H,2-3,6-7,10,15-17H2,1H3,(H,27,28,29,30);3-10H,11-13H2,1-2H3,(H,26,27,28,29). The molecule has 7 aromatic carbocycles. The number of aromatic carboxylic acids is 1. The number of unbranched alkanes of at least 4 members (excludes halogenated alkanes) is 1. The number of rotatable bonds is 18. The van der Waals surface area contributed by atoms with Gasteiger partial charge in [-0.1, -0.05) is 185 Å². The lowest BCUT2D eigenvalue weighted by Gasteiger charge is -2.29. The van der Waals surface area contributed by atoms with Crippen molar-refractivity contribution in [2.24, 2.45) is 12.0 Å². The van der Waals surface area contributed by atoms with Crippen molar-refractivity contribution in [2.75, 3.05) is 4.90 Å². The summed E-state index contributed by atoms with van der Waals surface area (Å²) in [6.45, 7) is 9.85. The number of nitrogens with zero attached hydrogens (tertiary/aromatic N) is 16. The van der Waals surface area contributed by atoms with Crippen LogP contribution in [0, 0.1) is 13.8 Å². The highest BCUT2D eigenvalue weighted by Crippen LogP contribution is 2.41. The molecule has 16 rings (SSSR count). The number of amidine groups is 1. The van der Waals surface area contributed by atoms with Gasteiger partial charge in [0.15, 0.2) is 11.5 Å². The Hall–Kier alpha value is -12.1. The van der Waals surface area contributed by atoms with Gasteiger partial charge in [0.05, 0.1) is 36.2 Å². The van der Waals surface area contributed by atoms with E-state index >= 15 is 0 Å². The van der Waals surface area contributed by atoms with Crippen LogP contribution in [0.5, 0.6) is 0 Å². The summed E-state index contributed by atoms with van der Waals surface area (Å²) in [6, 6.07) is 59.8. The van der Waals surface area contributed by atoms with Crippen LogP contribution in [-0.4, -0.2) is 114 Å². The van der Waals surface area contributed by atoms with E-state index in [0.717, 1.165) is 176 Å². The molecule has 0 saturated heterocycles. The first kappa shape index (κ1) is 66.2. The number of hydrogen-bond acceptors (Lipinski definition) is 15. The van der Waals surface area contributed by atoms with Gasteiger partial charge in [0.2, 0.25) is 17.6 Å². The number of nitrogens with one attached hydrogen (secondary N) is 2. The number of tetrazole rings is 2. The van der Waals surface area contributed by atoms with Gasteiger partial charge in [-0.15, -0.1) is 20.4 Å². The number of aromatic amines is 2. The summed E-state index contributed by atoms with van der Waals surface area (Å²) in [5.74, 6) is 4.72. The monoisotopic (exact) mass is 1340 g/mol. The van der Waals surface area contributed by atoms with Gasteiger partial charge in [0.25, 0.3) is 5.91 Å². The molecule has 2 aliphatic heterocycles. The van der Waals surface area contributed by atoms with Crippen LogP contribution in [0.1, 0.15) is 122 Å². The third-order valence-corrected chi connectivity index (χ3v) is 19.1. The van der Waals surface area contributed by atoms with Crippen molar-refractivity contribution in [3.63, 3.8) is 0 Å². The van der Waals surface area contributed by atoms with E-state index in [2.05, 4.69) is 123 Å². The number of fused-ring (bicyclic) bond motifs is 3. The Morgan fingerprint density at radius 3 is 1.70 bits per heavy atom. The number of carbonyl (C=O) groups is 3. The van der Waals surface area contributed by atoms with Crippen LogP contribution in [0.15, 0.2) is 187 Å². The molecule has 506 valence electrons. The van der Waals surface area contributed by atoms with Gasteiger partial charge < -0.3 is 14.2 Å². The molecule has 2 amide bonds. The van der Waals surface area contributed by atoms with Gasteiger partial charge in [-0.2, -0.15) is 10.4 Å². The van der Waals surface area contributed by atoms with Crippen LogP contribution in [0.25, 0.3) is 89.9 Å². The Morgan fingerprint density at radius 2 is 1.12 bits per heavy atom. The van der Waals surface area contributed by atoms with E-state index in [-0.39, 0.29) is 11.8 Å². The third-order valence-electron chi connectivity index (χ3n) is 19.1. The van der Waals surface area contributed by atoms with Crippen LogP contribution in [0.4, 0.5) is 5.82 Å². The van der Waals surface area contributed by atoms with E-state index in [1.165, 1.54) is 0 Å². The van der Waals surface area contributed by atoms with E-state index in [9.17, 15) is 19.5 Å². The molecular formula is C79H76N18O4. The average Bonchev–Trinajstić information content (AvgIpc) is 1.65. The maximum absolute atomic E-state index is 13.4. The quantitative estimate of drug-likeness (QED) is 0.0720. The predicted octanol–water partition coefficient (Wildman–Crippen LogP) is 14.5. The maximum atomic E-state index is 13.4. The molecule has 8 heterocycles. The lowest BCUT2D eigenvalue weighted by molar-refractivity contribution is -0.131. The number of hydrogen-bond donors (Lipinski definition) is 3. The number of H-pyrrole nitrogens is 2. The number of benzene rings is 7. The second-order valence-corrected chi connectivity index (χ2v) is 25.8. The molecule has 22 nitrogen and oxygen atoms in total. The SMILES string of the molecule is CCCCC1=NC2(CCCC2)C(=O)N1Cc1ccc(-c2ccccc2-c2nn[nH]n2)cc1.CCCc1nc2ccc(-c3nc4ccccc4n3C)nc2n1Cc1ccc(-c2ccccc2C(=O)O)cc1.Cc1nc(C)c2c(n1)N(Cc1ccc(-c3ccccc3-c3nn[nH]n3)cc1)C(=O)CC2. The minimum absolute atomic E-state index is 0.0940. The first-order valence-corrected chi connectivity index (χ1v) is 34.4. The number of carbonyl (C=O) groups excluding carboxylic acids is 2. The molecule has 3 aliphatic rings. The second kappa shape index (κ2) is 29.2. The van der Waals surface area contributed by atoms with Crippen molar-refractivity contribution < 1.29 is 19.5 Å². The summed E-state index contributed by atoms with van der Waals surface area (Å²) >= 11 is 0. The van der Waals surface area contributed by atoms with E-state index in [4.69, 9.17) is 19.9 Å². The van der Waals surface area contributed by atoms with Crippen LogP contribution in [-0.2, 0) is 49.1 Å². The van der Waals surface area contributed by atoms with Crippen LogP contribution < -0.4 is 4.90 Å². The van der Waals surface area contributed by atoms with Gasteiger partial charge in [-0.05, 0) is 137 Å². The molecule has 1 saturated carbocycles. The number of anilines is 1. The number of aliphatic imine (C=N–C) groups is 1. The smallest absolute Gasteiger partial charge is 0.336 e. The summed E-state index contributed by atoms with van der Waals surface area (Å²) in [4.78, 5) is 70.3. The van der Waals surface area contributed by atoms with Crippen molar-refractivity contribution in [3.8, 4) is 67.7 Å². The number of aryl methyl sites for hydroxylation is 4. The molecule has 0 atom stereocenters. The van der Waals surface area contributed by atoms with E-state index in [1.54, 1.807) is 17.0 Å². The first-order chi connectivity index (χ1) is 49.3. The summed E-state index contributed by atoms with van der Waals surface area (Å²) in [7, 11) is 2.01. The molecule has 22 heteroatoms. The average molecular weight is 1340 g/mol. The topological polar surface area (TPSA) is 274 Å². The van der Waals surface area contributed by atoms with Crippen LogP contribution >= 0.6 is 0 Å². The fourth-order valence-electron chi connectivity index (χ4n) is 14.0. The van der Waals surface area contributed by atoms with Crippen molar-refractivity contribution >= 4 is 51.6 Å². The van der Waals surface area contributed by atoms with Gasteiger partial charge >= 0.3 is 5.97 Å². The van der Waals surface area contributed by atoms with Crippen molar-refractivity contribution in [1.29, 1.82) is 0 Å². The molecule has 6 aromatic heterocycles. The minimum atomic E-state index is -0.929. The first-order valence-electron chi connectivity index (χ1n) is 34.4. The van der Waals surface area contributed by atoms with E-state index in [0.29, 0.717) is 61.1 Å². The Morgan fingerprint density at radius 1 is 0.554 bits per heavy atom. The molecule has 101 heavy (non-hydrogen) atoms. The number of carboxylic acid groups (broad SMARTS) is 1. The Balaban J connectivity index is 0.000000130. The molecular weight excluding hydrogens is 1260 g/mol. The van der Waals surface area contributed by atoms with Crippen molar-refractivity contribution in [3.05, 3.63) is 227 Å².